The molecule has 0 aliphatic carbocycles. The molecule has 0 saturated carbocycles. The Bertz CT molecular complexity index is 1360. The summed E-state index contributed by atoms with van der Waals surface area (Å²) in [7, 11) is 0. The van der Waals surface area contributed by atoms with Gasteiger partial charge in [0.05, 0.1) is 11.3 Å². The summed E-state index contributed by atoms with van der Waals surface area (Å²) in [5.41, 5.74) is 2.07. The predicted molar refractivity (Wildman–Crippen MR) is 130 cm³/mol. The summed E-state index contributed by atoms with van der Waals surface area (Å²) in [5.74, 6) is -0.624. The maximum absolute atomic E-state index is 13.1. The molecule has 2 aromatic carbocycles. The third-order valence-corrected chi connectivity index (χ3v) is 6.79. The maximum Gasteiger partial charge on any atom is 0.416 e. The van der Waals surface area contributed by atoms with Crippen molar-refractivity contribution < 1.29 is 18.0 Å². The number of amides is 1. The Morgan fingerprint density at radius 3 is 2.69 bits per heavy atom. The van der Waals surface area contributed by atoms with E-state index in [0.717, 1.165) is 60.8 Å². The summed E-state index contributed by atoms with van der Waals surface area (Å²) in [6, 6.07) is 13.5. The molecule has 0 atom stereocenters. The van der Waals surface area contributed by atoms with E-state index in [2.05, 4.69) is 20.5 Å². The van der Waals surface area contributed by atoms with Crippen molar-refractivity contribution >= 4 is 33.3 Å². The van der Waals surface area contributed by atoms with E-state index >= 15 is 0 Å². The van der Waals surface area contributed by atoms with Crippen molar-refractivity contribution in [2.75, 3.05) is 31.5 Å². The molecule has 35 heavy (non-hydrogen) atoms. The number of fused-ring (bicyclic) bond motifs is 1. The normalized spacial score (nSPS) is 14.8. The molecule has 1 aliphatic heterocycles. The number of carbonyl (C=O) groups excluding carboxylic acids is 1. The zero-order valence-electron chi connectivity index (χ0n) is 18.6. The molecule has 1 saturated heterocycles. The zero-order valence-corrected chi connectivity index (χ0v) is 19.4. The number of nitrogens with zero attached hydrogens (tertiary/aromatic N) is 3. The molecule has 5 rings (SSSR count). The Labute approximate surface area is 203 Å². The Morgan fingerprint density at radius 1 is 1.09 bits per heavy atom. The molecule has 0 radical (unpaired) electrons. The molecule has 2 N–H and O–H groups in total. The van der Waals surface area contributed by atoms with Crippen molar-refractivity contribution in [2.45, 2.75) is 12.7 Å². The third kappa shape index (κ3) is 5.34. The number of rotatable bonds is 5. The van der Waals surface area contributed by atoms with E-state index < -0.39 is 17.6 Å². The first kappa shape index (κ1) is 23.4. The molecular weight excluding hydrogens is 475 g/mol. The van der Waals surface area contributed by atoms with Gasteiger partial charge in [0.2, 0.25) is 0 Å². The second-order valence-electron chi connectivity index (χ2n) is 8.29. The highest BCUT2D eigenvalue weighted by atomic mass is 32.1. The highest BCUT2D eigenvalue weighted by Gasteiger charge is 2.31. The minimum atomic E-state index is -4.52. The number of hydrogen-bond acceptors (Lipinski definition) is 6. The number of pyridine rings is 1. The van der Waals surface area contributed by atoms with Crippen LogP contribution in [0.1, 0.15) is 21.5 Å². The molecule has 1 aliphatic rings. The van der Waals surface area contributed by atoms with Crippen LogP contribution in [-0.4, -0.2) is 47.0 Å². The number of benzene rings is 2. The monoisotopic (exact) mass is 497 g/mol. The van der Waals surface area contributed by atoms with Crippen LogP contribution < -0.4 is 10.6 Å². The van der Waals surface area contributed by atoms with Crippen LogP contribution in [-0.2, 0) is 12.7 Å². The molecule has 0 unspecified atom stereocenters. The molecule has 180 valence electrons. The highest BCUT2D eigenvalue weighted by Crippen LogP contribution is 2.35. The maximum atomic E-state index is 13.1. The predicted octanol–water partition coefficient (Wildman–Crippen LogP) is 5.03. The average Bonchev–Trinajstić information content (AvgIpc) is 3.28. The molecule has 0 spiro atoms. The topological polar surface area (TPSA) is 70.2 Å². The summed E-state index contributed by atoms with van der Waals surface area (Å²) >= 11 is 1.40. The molecule has 3 heterocycles. The van der Waals surface area contributed by atoms with Gasteiger partial charge in [0, 0.05) is 50.0 Å². The van der Waals surface area contributed by atoms with E-state index in [1.807, 2.05) is 24.4 Å². The number of nitrogens with one attached hydrogen (secondary N) is 2. The Balaban J connectivity index is 1.39. The van der Waals surface area contributed by atoms with E-state index in [9.17, 15) is 18.0 Å². The van der Waals surface area contributed by atoms with E-state index in [1.165, 1.54) is 23.5 Å². The van der Waals surface area contributed by atoms with E-state index in [4.69, 9.17) is 4.98 Å². The van der Waals surface area contributed by atoms with Crippen LogP contribution in [0.25, 0.3) is 20.9 Å². The first-order valence-electron chi connectivity index (χ1n) is 11.1. The summed E-state index contributed by atoms with van der Waals surface area (Å²) in [5, 5.41) is 6.76. The lowest BCUT2D eigenvalue weighted by Gasteiger charge is -2.26. The number of halogens is 3. The Kier molecular flexibility index (Phi) is 6.50. The standard InChI is InChI=1S/C25H22F3N5OS/c26-25(27,28)18-5-3-4-17(13-18)22(34)31-20-7-2-1-6-19(20)23-32-21-12-16(14-30-24(21)35-23)15-33-10-8-29-9-11-33/h1-7,12-14,29H,8-11,15H2,(H,31,34). The minimum absolute atomic E-state index is 0.0712. The molecule has 1 amide bonds. The van der Waals surface area contributed by atoms with Crippen LogP contribution in [0.5, 0.6) is 0 Å². The SMILES string of the molecule is O=C(Nc1ccccc1-c1nc2cc(CN3CCNCC3)cnc2s1)c1cccc(C(F)(F)F)c1. The molecule has 6 nitrogen and oxygen atoms in total. The van der Waals surface area contributed by atoms with Crippen molar-refractivity contribution in [1.29, 1.82) is 0 Å². The van der Waals surface area contributed by atoms with Crippen LogP contribution in [0, 0.1) is 0 Å². The van der Waals surface area contributed by atoms with E-state index in [0.29, 0.717) is 16.3 Å². The van der Waals surface area contributed by atoms with Gasteiger partial charge in [-0.25, -0.2) is 9.97 Å². The Morgan fingerprint density at radius 2 is 1.89 bits per heavy atom. The first-order chi connectivity index (χ1) is 16.9. The van der Waals surface area contributed by atoms with Crippen LogP contribution in [0.15, 0.2) is 60.8 Å². The van der Waals surface area contributed by atoms with Gasteiger partial charge in [-0.15, -0.1) is 0 Å². The van der Waals surface area contributed by atoms with Gasteiger partial charge in [0.1, 0.15) is 15.4 Å². The smallest absolute Gasteiger partial charge is 0.321 e. The summed E-state index contributed by atoms with van der Waals surface area (Å²) < 4.78 is 39.2. The lowest BCUT2D eigenvalue weighted by atomic mass is 10.1. The number of thiazole rings is 1. The molecule has 0 bridgehead atoms. The number of aromatic nitrogens is 2. The molecule has 1 fully saturated rings. The largest absolute Gasteiger partial charge is 0.416 e. The second-order valence-corrected chi connectivity index (χ2v) is 9.27. The quantitative estimate of drug-likeness (QED) is 0.405. The molecular formula is C25H22F3N5OS. The zero-order chi connectivity index (χ0) is 24.4. The van der Waals surface area contributed by atoms with Gasteiger partial charge in [-0.05, 0) is 42.0 Å². The number of hydrogen-bond donors (Lipinski definition) is 2. The minimum Gasteiger partial charge on any atom is -0.321 e. The Hall–Kier alpha value is -3.34. The highest BCUT2D eigenvalue weighted by molar-refractivity contribution is 7.21. The van der Waals surface area contributed by atoms with Crippen molar-refractivity contribution in [2.24, 2.45) is 0 Å². The fourth-order valence-electron chi connectivity index (χ4n) is 4.00. The second kappa shape index (κ2) is 9.73. The van der Waals surface area contributed by atoms with Crippen molar-refractivity contribution in [3.05, 3.63) is 77.5 Å². The van der Waals surface area contributed by atoms with E-state index in [-0.39, 0.29) is 5.56 Å². The summed E-state index contributed by atoms with van der Waals surface area (Å²) in [4.78, 5) is 25.2. The van der Waals surface area contributed by atoms with Crippen LogP contribution in [0.4, 0.5) is 18.9 Å². The van der Waals surface area contributed by atoms with Crippen molar-refractivity contribution in [3.8, 4) is 10.6 Å². The fourth-order valence-corrected chi connectivity index (χ4v) is 4.93. The van der Waals surface area contributed by atoms with Gasteiger partial charge >= 0.3 is 6.18 Å². The van der Waals surface area contributed by atoms with Gasteiger partial charge in [0.15, 0.2) is 0 Å². The fraction of sp³-hybridized carbons (Fsp3) is 0.240. The number of para-hydroxylation sites is 1. The van der Waals surface area contributed by atoms with Crippen LogP contribution >= 0.6 is 11.3 Å². The van der Waals surface area contributed by atoms with Gasteiger partial charge in [-0.3, -0.25) is 9.69 Å². The average molecular weight is 498 g/mol. The molecule has 10 heteroatoms. The molecule has 2 aromatic heterocycles. The lowest BCUT2D eigenvalue weighted by Crippen LogP contribution is -2.42. The summed E-state index contributed by atoms with van der Waals surface area (Å²) in [6.45, 7) is 4.72. The summed E-state index contributed by atoms with van der Waals surface area (Å²) in [6.07, 6.45) is -2.65. The molecule has 4 aromatic rings. The third-order valence-electron chi connectivity index (χ3n) is 5.78. The lowest BCUT2D eigenvalue weighted by molar-refractivity contribution is -0.137. The van der Waals surface area contributed by atoms with Gasteiger partial charge in [-0.1, -0.05) is 29.5 Å². The van der Waals surface area contributed by atoms with Crippen LogP contribution in [0.2, 0.25) is 0 Å². The van der Waals surface area contributed by atoms with Crippen molar-refractivity contribution in [3.63, 3.8) is 0 Å². The van der Waals surface area contributed by atoms with Crippen LogP contribution in [0.3, 0.4) is 0 Å². The number of alkyl halides is 3. The first-order valence-corrected chi connectivity index (χ1v) is 11.9. The number of anilines is 1. The van der Waals surface area contributed by atoms with E-state index in [1.54, 1.807) is 12.1 Å². The van der Waals surface area contributed by atoms with Gasteiger partial charge in [0.25, 0.3) is 5.91 Å². The van der Waals surface area contributed by atoms with Gasteiger partial charge < -0.3 is 10.6 Å². The number of carbonyl (C=O) groups is 1. The van der Waals surface area contributed by atoms with Gasteiger partial charge in [-0.2, -0.15) is 13.2 Å². The van der Waals surface area contributed by atoms with Crippen molar-refractivity contribution in [1.82, 2.24) is 20.2 Å². The number of piperazine rings is 1.